The fourth-order valence-electron chi connectivity index (χ4n) is 2.70. The average molecular weight is 262 g/mol. The minimum Gasteiger partial charge on any atom is -0.396 e. The lowest BCUT2D eigenvalue weighted by molar-refractivity contribution is 0.202. The maximum absolute atomic E-state index is 9.21. The van der Waals surface area contributed by atoms with Crippen LogP contribution >= 0.6 is 0 Å². The fraction of sp³-hybridized carbons (Fsp3) is 0.714. The Balaban J connectivity index is 1.83. The number of anilines is 2. The molecule has 5 nitrogen and oxygen atoms in total. The SMILES string of the molecule is Cc1c(N)nc(C2CC2)nc1N1CCC(CO)CC1. The number of rotatable bonds is 3. The lowest BCUT2D eigenvalue weighted by Gasteiger charge is -2.33. The van der Waals surface area contributed by atoms with Crippen molar-refractivity contribution < 1.29 is 5.11 Å². The van der Waals surface area contributed by atoms with Crippen molar-refractivity contribution in [2.24, 2.45) is 5.92 Å². The summed E-state index contributed by atoms with van der Waals surface area (Å²) < 4.78 is 0. The summed E-state index contributed by atoms with van der Waals surface area (Å²) in [4.78, 5) is 11.5. The number of hydrogen-bond acceptors (Lipinski definition) is 5. The Labute approximate surface area is 113 Å². The summed E-state index contributed by atoms with van der Waals surface area (Å²) in [6, 6.07) is 0. The molecule has 0 aromatic carbocycles. The molecule has 1 aliphatic carbocycles. The van der Waals surface area contributed by atoms with Gasteiger partial charge < -0.3 is 15.7 Å². The number of aromatic nitrogens is 2. The molecule has 1 aromatic heterocycles. The Morgan fingerprint density at radius 3 is 2.47 bits per heavy atom. The summed E-state index contributed by atoms with van der Waals surface area (Å²) in [6.45, 7) is 4.20. The number of aliphatic hydroxyl groups excluding tert-OH is 1. The van der Waals surface area contributed by atoms with Gasteiger partial charge in [-0.3, -0.25) is 0 Å². The minimum atomic E-state index is 0.298. The van der Waals surface area contributed by atoms with Gasteiger partial charge in [-0.05, 0) is 38.5 Å². The Morgan fingerprint density at radius 1 is 1.21 bits per heavy atom. The first-order valence-electron chi connectivity index (χ1n) is 7.19. The number of nitrogens with two attached hydrogens (primary N) is 1. The van der Waals surface area contributed by atoms with Gasteiger partial charge in [0.1, 0.15) is 17.5 Å². The standard InChI is InChI=1S/C14H22N4O/c1-9-12(15)16-13(11-2-3-11)17-14(9)18-6-4-10(8-19)5-7-18/h10-11,19H,2-8H2,1H3,(H2,15,16,17). The van der Waals surface area contributed by atoms with E-state index in [-0.39, 0.29) is 0 Å². The van der Waals surface area contributed by atoms with Gasteiger partial charge in [-0.15, -0.1) is 0 Å². The molecule has 19 heavy (non-hydrogen) atoms. The van der Waals surface area contributed by atoms with E-state index >= 15 is 0 Å². The van der Waals surface area contributed by atoms with Crippen molar-refractivity contribution in [1.29, 1.82) is 0 Å². The van der Waals surface area contributed by atoms with Gasteiger partial charge in [0, 0.05) is 31.2 Å². The van der Waals surface area contributed by atoms with E-state index in [0.29, 0.717) is 24.3 Å². The van der Waals surface area contributed by atoms with Crippen LogP contribution in [0.25, 0.3) is 0 Å². The molecule has 5 heteroatoms. The summed E-state index contributed by atoms with van der Waals surface area (Å²) in [6.07, 6.45) is 4.43. The lowest BCUT2D eigenvalue weighted by atomic mass is 9.98. The Bertz CT molecular complexity index is 465. The van der Waals surface area contributed by atoms with Crippen LogP contribution in [-0.2, 0) is 0 Å². The van der Waals surface area contributed by atoms with Crippen LogP contribution in [-0.4, -0.2) is 34.8 Å². The molecule has 0 bridgehead atoms. The first-order chi connectivity index (χ1) is 9.19. The van der Waals surface area contributed by atoms with Gasteiger partial charge in [-0.25, -0.2) is 9.97 Å². The van der Waals surface area contributed by atoms with E-state index in [4.69, 9.17) is 10.7 Å². The van der Waals surface area contributed by atoms with Crippen LogP contribution < -0.4 is 10.6 Å². The van der Waals surface area contributed by atoms with Crippen LogP contribution in [0.3, 0.4) is 0 Å². The number of piperidine rings is 1. The number of nitrogens with zero attached hydrogens (tertiary/aromatic N) is 3. The van der Waals surface area contributed by atoms with Crippen LogP contribution in [0.4, 0.5) is 11.6 Å². The highest BCUT2D eigenvalue weighted by atomic mass is 16.3. The molecule has 1 aliphatic heterocycles. The highest BCUT2D eigenvalue weighted by molar-refractivity contribution is 5.57. The zero-order valence-electron chi connectivity index (χ0n) is 11.5. The predicted molar refractivity (Wildman–Crippen MR) is 75.2 cm³/mol. The molecular formula is C14H22N4O. The molecule has 0 atom stereocenters. The third kappa shape index (κ3) is 2.52. The molecule has 3 N–H and O–H groups in total. The molecule has 0 amide bonds. The Hall–Kier alpha value is -1.36. The lowest BCUT2D eigenvalue weighted by Crippen LogP contribution is -2.36. The molecule has 104 valence electrons. The molecule has 0 unspecified atom stereocenters. The minimum absolute atomic E-state index is 0.298. The van der Waals surface area contributed by atoms with Crippen molar-refractivity contribution >= 4 is 11.6 Å². The molecule has 2 heterocycles. The van der Waals surface area contributed by atoms with Crippen LogP contribution in [0.15, 0.2) is 0 Å². The maximum Gasteiger partial charge on any atom is 0.137 e. The van der Waals surface area contributed by atoms with E-state index in [1.165, 1.54) is 12.8 Å². The second kappa shape index (κ2) is 4.96. The molecule has 1 saturated carbocycles. The monoisotopic (exact) mass is 262 g/mol. The molecule has 1 saturated heterocycles. The van der Waals surface area contributed by atoms with E-state index in [9.17, 15) is 5.11 Å². The largest absolute Gasteiger partial charge is 0.396 e. The summed E-state index contributed by atoms with van der Waals surface area (Å²) in [7, 11) is 0. The van der Waals surface area contributed by atoms with Gasteiger partial charge in [-0.2, -0.15) is 0 Å². The Morgan fingerprint density at radius 2 is 1.89 bits per heavy atom. The molecule has 0 radical (unpaired) electrons. The van der Waals surface area contributed by atoms with Gasteiger partial charge in [0.25, 0.3) is 0 Å². The van der Waals surface area contributed by atoms with Crippen molar-refractivity contribution in [1.82, 2.24) is 9.97 Å². The topological polar surface area (TPSA) is 75.3 Å². The maximum atomic E-state index is 9.21. The van der Waals surface area contributed by atoms with E-state index in [0.717, 1.165) is 43.1 Å². The summed E-state index contributed by atoms with van der Waals surface area (Å²) in [5.41, 5.74) is 7.02. The van der Waals surface area contributed by atoms with Gasteiger partial charge >= 0.3 is 0 Å². The first-order valence-corrected chi connectivity index (χ1v) is 7.19. The second-order valence-electron chi connectivity index (χ2n) is 5.80. The quantitative estimate of drug-likeness (QED) is 0.862. The van der Waals surface area contributed by atoms with Crippen LogP contribution in [0, 0.1) is 12.8 Å². The smallest absolute Gasteiger partial charge is 0.137 e. The summed E-state index contributed by atoms with van der Waals surface area (Å²) in [5.74, 6) is 3.51. The van der Waals surface area contributed by atoms with Crippen molar-refractivity contribution in [2.75, 3.05) is 30.3 Å². The van der Waals surface area contributed by atoms with E-state index < -0.39 is 0 Å². The first kappa shape index (κ1) is 12.7. The van der Waals surface area contributed by atoms with Crippen molar-refractivity contribution in [2.45, 2.75) is 38.5 Å². The zero-order valence-corrected chi connectivity index (χ0v) is 11.5. The predicted octanol–water partition coefficient (Wildman–Crippen LogP) is 1.45. The van der Waals surface area contributed by atoms with Crippen molar-refractivity contribution in [3.63, 3.8) is 0 Å². The number of hydrogen-bond donors (Lipinski definition) is 2. The molecule has 3 rings (SSSR count). The van der Waals surface area contributed by atoms with Gasteiger partial charge in [0.05, 0.1) is 0 Å². The third-order valence-electron chi connectivity index (χ3n) is 4.29. The number of nitrogen functional groups attached to an aromatic ring is 1. The second-order valence-corrected chi connectivity index (χ2v) is 5.80. The third-order valence-corrected chi connectivity index (χ3v) is 4.29. The van der Waals surface area contributed by atoms with Crippen LogP contribution in [0.1, 0.15) is 43.0 Å². The number of aliphatic hydroxyl groups is 1. The normalized spacial score (nSPS) is 20.8. The summed E-state index contributed by atoms with van der Waals surface area (Å²) in [5, 5.41) is 9.21. The fourth-order valence-corrected chi connectivity index (χ4v) is 2.70. The average Bonchev–Trinajstić information content (AvgIpc) is 3.26. The van der Waals surface area contributed by atoms with Crippen LogP contribution in [0.2, 0.25) is 0 Å². The van der Waals surface area contributed by atoms with E-state index in [1.807, 2.05) is 6.92 Å². The van der Waals surface area contributed by atoms with Crippen molar-refractivity contribution in [3.8, 4) is 0 Å². The summed E-state index contributed by atoms with van der Waals surface area (Å²) >= 11 is 0. The van der Waals surface area contributed by atoms with E-state index in [1.54, 1.807) is 0 Å². The molecule has 1 aromatic rings. The highest BCUT2D eigenvalue weighted by Gasteiger charge is 2.29. The van der Waals surface area contributed by atoms with Gasteiger partial charge in [0.15, 0.2) is 0 Å². The molecular weight excluding hydrogens is 240 g/mol. The molecule has 2 aliphatic rings. The van der Waals surface area contributed by atoms with Crippen LogP contribution in [0.5, 0.6) is 0 Å². The van der Waals surface area contributed by atoms with E-state index in [2.05, 4.69) is 9.88 Å². The highest BCUT2D eigenvalue weighted by Crippen LogP contribution is 2.40. The van der Waals surface area contributed by atoms with Gasteiger partial charge in [-0.1, -0.05) is 0 Å². The van der Waals surface area contributed by atoms with Gasteiger partial charge in [0.2, 0.25) is 0 Å². The zero-order chi connectivity index (χ0) is 13.4. The van der Waals surface area contributed by atoms with Crippen molar-refractivity contribution in [3.05, 3.63) is 11.4 Å². The molecule has 0 spiro atoms. The Kier molecular flexibility index (Phi) is 3.31. The molecule has 2 fully saturated rings.